The van der Waals surface area contributed by atoms with E-state index in [1.165, 1.54) is 0 Å². The Morgan fingerprint density at radius 1 is 1.33 bits per heavy atom. The highest BCUT2D eigenvalue weighted by molar-refractivity contribution is 5.75. The molecule has 0 bridgehead atoms. The van der Waals surface area contributed by atoms with Crippen LogP contribution in [0.25, 0.3) is 11.0 Å². The minimum atomic E-state index is 0.426. The number of ether oxygens (including phenoxy) is 1. The van der Waals surface area contributed by atoms with Gasteiger partial charge in [0.25, 0.3) is 0 Å². The van der Waals surface area contributed by atoms with Gasteiger partial charge in [-0.25, -0.2) is 4.98 Å². The molecule has 1 saturated carbocycles. The van der Waals surface area contributed by atoms with E-state index >= 15 is 0 Å². The van der Waals surface area contributed by atoms with Gasteiger partial charge < -0.3 is 15.0 Å². The van der Waals surface area contributed by atoms with Gasteiger partial charge in [0.1, 0.15) is 5.65 Å². The van der Waals surface area contributed by atoms with E-state index in [1.54, 1.807) is 7.11 Å². The number of aromatic amines is 1. The van der Waals surface area contributed by atoms with Crippen LogP contribution in [-0.4, -0.2) is 34.2 Å². The van der Waals surface area contributed by atoms with Gasteiger partial charge in [-0.15, -0.1) is 0 Å². The Kier molecular flexibility index (Phi) is 3.15. The molecule has 1 aliphatic rings. The number of hydrogen-bond donors (Lipinski definition) is 2. The second kappa shape index (κ2) is 4.94. The Bertz CT molecular complexity index is 516. The van der Waals surface area contributed by atoms with Crippen molar-refractivity contribution in [1.29, 1.82) is 0 Å². The predicted molar refractivity (Wildman–Crippen MR) is 70.6 cm³/mol. The molecule has 0 amide bonds. The molecule has 3 rings (SSSR count). The van der Waals surface area contributed by atoms with Crippen molar-refractivity contribution in [2.75, 3.05) is 12.4 Å². The highest BCUT2D eigenvalue weighted by atomic mass is 16.5. The molecule has 5 heteroatoms. The topological polar surface area (TPSA) is 62.8 Å². The molecular weight excluding hydrogens is 228 g/mol. The van der Waals surface area contributed by atoms with E-state index in [1.807, 2.05) is 18.5 Å². The van der Waals surface area contributed by atoms with Crippen LogP contribution in [0.15, 0.2) is 18.5 Å². The van der Waals surface area contributed by atoms with E-state index in [-0.39, 0.29) is 0 Å². The molecule has 0 atom stereocenters. The lowest BCUT2D eigenvalue weighted by Gasteiger charge is -2.28. The summed E-state index contributed by atoms with van der Waals surface area (Å²) in [5.74, 6) is 0.714. The van der Waals surface area contributed by atoms with Crippen LogP contribution < -0.4 is 5.32 Å². The number of hydrogen-bond acceptors (Lipinski definition) is 4. The van der Waals surface area contributed by atoms with Gasteiger partial charge >= 0.3 is 0 Å². The van der Waals surface area contributed by atoms with Gasteiger partial charge in [-0.1, -0.05) is 0 Å². The lowest BCUT2D eigenvalue weighted by molar-refractivity contribution is 0.0681. The average molecular weight is 246 g/mol. The van der Waals surface area contributed by atoms with Gasteiger partial charge in [0.2, 0.25) is 5.95 Å². The largest absolute Gasteiger partial charge is 0.381 e. The Morgan fingerprint density at radius 2 is 2.17 bits per heavy atom. The summed E-state index contributed by atoms with van der Waals surface area (Å²) < 4.78 is 5.37. The third-order valence-corrected chi connectivity index (χ3v) is 3.64. The van der Waals surface area contributed by atoms with Crippen LogP contribution >= 0.6 is 0 Å². The summed E-state index contributed by atoms with van der Waals surface area (Å²) in [5.41, 5.74) is 0.887. The SMILES string of the molecule is COC1CCC(Nc2ncc3cc[nH]c3n2)CC1. The molecule has 0 aromatic carbocycles. The normalized spacial score (nSPS) is 24.3. The molecule has 0 spiro atoms. The predicted octanol–water partition coefficient (Wildman–Crippen LogP) is 2.33. The van der Waals surface area contributed by atoms with Crippen LogP contribution in [0.2, 0.25) is 0 Å². The fraction of sp³-hybridized carbons (Fsp3) is 0.538. The number of H-pyrrole nitrogens is 1. The number of aromatic nitrogens is 3. The highest BCUT2D eigenvalue weighted by Gasteiger charge is 2.21. The molecule has 2 aromatic rings. The molecular formula is C13H18N4O. The van der Waals surface area contributed by atoms with Crippen LogP contribution in [0.1, 0.15) is 25.7 Å². The Hall–Kier alpha value is -1.62. The fourth-order valence-corrected chi connectivity index (χ4v) is 2.53. The quantitative estimate of drug-likeness (QED) is 0.872. The van der Waals surface area contributed by atoms with Crippen LogP contribution in [0.3, 0.4) is 0 Å². The van der Waals surface area contributed by atoms with E-state index in [0.29, 0.717) is 18.1 Å². The zero-order valence-corrected chi connectivity index (χ0v) is 10.5. The highest BCUT2D eigenvalue weighted by Crippen LogP contribution is 2.23. The van der Waals surface area contributed by atoms with Crippen LogP contribution in [0.4, 0.5) is 5.95 Å². The number of rotatable bonds is 3. The molecule has 96 valence electrons. The summed E-state index contributed by atoms with van der Waals surface area (Å²) >= 11 is 0. The number of nitrogens with one attached hydrogen (secondary N) is 2. The number of nitrogens with zero attached hydrogens (tertiary/aromatic N) is 2. The van der Waals surface area contributed by atoms with Gasteiger partial charge in [-0.3, -0.25) is 0 Å². The zero-order chi connectivity index (χ0) is 12.4. The van der Waals surface area contributed by atoms with Crippen molar-refractivity contribution in [3.63, 3.8) is 0 Å². The Balaban J connectivity index is 1.65. The summed E-state index contributed by atoms with van der Waals surface area (Å²) in [4.78, 5) is 11.9. The van der Waals surface area contributed by atoms with Gasteiger partial charge in [0, 0.05) is 30.9 Å². The lowest BCUT2D eigenvalue weighted by Crippen LogP contribution is -2.29. The van der Waals surface area contributed by atoms with Crippen molar-refractivity contribution < 1.29 is 4.74 Å². The standard InChI is InChI=1S/C13H18N4O/c1-18-11-4-2-10(3-5-11)16-13-15-8-9-6-7-14-12(9)17-13/h6-8,10-11H,2-5H2,1H3,(H2,14,15,16,17). The molecule has 5 nitrogen and oxygen atoms in total. The summed E-state index contributed by atoms with van der Waals surface area (Å²) in [6.07, 6.45) is 8.61. The van der Waals surface area contributed by atoms with Crippen LogP contribution in [0, 0.1) is 0 Å². The van der Waals surface area contributed by atoms with Crippen molar-refractivity contribution in [3.8, 4) is 0 Å². The first-order valence-electron chi connectivity index (χ1n) is 6.44. The molecule has 0 radical (unpaired) electrons. The van der Waals surface area contributed by atoms with E-state index in [4.69, 9.17) is 4.74 Å². The van der Waals surface area contributed by atoms with Crippen LogP contribution in [0.5, 0.6) is 0 Å². The monoisotopic (exact) mass is 246 g/mol. The van der Waals surface area contributed by atoms with Crippen LogP contribution in [-0.2, 0) is 4.74 Å². The molecule has 0 aliphatic heterocycles. The first-order chi connectivity index (χ1) is 8.85. The minimum Gasteiger partial charge on any atom is -0.381 e. The van der Waals surface area contributed by atoms with Crippen molar-refractivity contribution in [3.05, 3.63) is 18.5 Å². The molecule has 1 fully saturated rings. The van der Waals surface area contributed by atoms with E-state index in [9.17, 15) is 0 Å². The first-order valence-corrected chi connectivity index (χ1v) is 6.44. The number of anilines is 1. The molecule has 18 heavy (non-hydrogen) atoms. The summed E-state index contributed by atoms with van der Waals surface area (Å²) in [6, 6.07) is 2.44. The van der Waals surface area contributed by atoms with Crippen molar-refractivity contribution in [2.24, 2.45) is 0 Å². The summed E-state index contributed by atoms with van der Waals surface area (Å²) in [6.45, 7) is 0. The number of fused-ring (bicyclic) bond motifs is 1. The molecule has 2 aromatic heterocycles. The van der Waals surface area contributed by atoms with Gasteiger partial charge in [0.05, 0.1) is 6.10 Å². The fourth-order valence-electron chi connectivity index (χ4n) is 2.53. The molecule has 1 aliphatic carbocycles. The second-order valence-electron chi connectivity index (χ2n) is 4.83. The van der Waals surface area contributed by atoms with Gasteiger partial charge in [-0.2, -0.15) is 4.98 Å². The Morgan fingerprint density at radius 3 is 2.94 bits per heavy atom. The number of methoxy groups -OCH3 is 1. The third-order valence-electron chi connectivity index (χ3n) is 3.64. The molecule has 2 heterocycles. The summed E-state index contributed by atoms with van der Waals surface area (Å²) in [5, 5.41) is 4.45. The van der Waals surface area contributed by atoms with E-state index in [0.717, 1.165) is 36.7 Å². The molecule has 2 N–H and O–H groups in total. The third kappa shape index (κ3) is 2.31. The average Bonchev–Trinajstić information content (AvgIpc) is 2.87. The molecule has 0 saturated heterocycles. The lowest BCUT2D eigenvalue weighted by atomic mass is 9.93. The maximum Gasteiger partial charge on any atom is 0.224 e. The smallest absolute Gasteiger partial charge is 0.224 e. The second-order valence-corrected chi connectivity index (χ2v) is 4.83. The van der Waals surface area contributed by atoms with Crippen molar-refractivity contribution >= 4 is 17.0 Å². The summed E-state index contributed by atoms with van der Waals surface area (Å²) in [7, 11) is 1.79. The molecule has 0 unspecified atom stereocenters. The maximum absolute atomic E-state index is 5.37. The zero-order valence-electron chi connectivity index (χ0n) is 10.5. The van der Waals surface area contributed by atoms with Gasteiger partial charge in [0.15, 0.2) is 0 Å². The van der Waals surface area contributed by atoms with Gasteiger partial charge in [-0.05, 0) is 31.7 Å². The Labute approximate surface area is 106 Å². The minimum absolute atomic E-state index is 0.426. The van der Waals surface area contributed by atoms with Crippen molar-refractivity contribution in [1.82, 2.24) is 15.0 Å². The van der Waals surface area contributed by atoms with E-state index < -0.39 is 0 Å². The maximum atomic E-state index is 5.37. The van der Waals surface area contributed by atoms with Crippen molar-refractivity contribution in [2.45, 2.75) is 37.8 Å². The first kappa shape index (κ1) is 11.5. The van der Waals surface area contributed by atoms with E-state index in [2.05, 4.69) is 20.3 Å².